The van der Waals surface area contributed by atoms with Crippen LogP contribution in [-0.2, 0) is 0 Å². The van der Waals surface area contributed by atoms with E-state index in [9.17, 15) is 9.90 Å². The van der Waals surface area contributed by atoms with Gasteiger partial charge in [-0.05, 0) is 35.4 Å². The van der Waals surface area contributed by atoms with Crippen LogP contribution in [0.5, 0.6) is 5.75 Å². The summed E-state index contributed by atoms with van der Waals surface area (Å²) >= 11 is 0. The summed E-state index contributed by atoms with van der Waals surface area (Å²) in [6, 6.07) is 12.8. The van der Waals surface area contributed by atoms with Gasteiger partial charge in [0.2, 0.25) is 0 Å². The van der Waals surface area contributed by atoms with Gasteiger partial charge in [0.15, 0.2) is 0 Å². The van der Waals surface area contributed by atoms with Gasteiger partial charge in [0.25, 0.3) is 0 Å². The van der Waals surface area contributed by atoms with E-state index >= 15 is 0 Å². The van der Waals surface area contributed by atoms with Gasteiger partial charge >= 0.3 is 5.97 Å². The van der Waals surface area contributed by atoms with Gasteiger partial charge in [-0.15, -0.1) is 0 Å². The van der Waals surface area contributed by atoms with Gasteiger partial charge in [0.05, 0.1) is 12.7 Å². The summed E-state index contributed by atoms with van der Waals surface area (Å²) in [5.41, 5.74) is 2.67. The molecule has 4 nitrogen and oxygen atoms in total. The maximum Gasteiger partial charge on any atom is 0.337 e. The van der Waals surface area contributed by atoms with Crippen LogP contribution in [0.1, 0.15) is 10.4 Å². The van der Waals surface area contributed by atoms with Crippen LogP contribution in [0.4, 0.5) is 5.69 Å². The Balaban J connectivity index is 2.44. The summed E-state index contributed by atoms with van der Waals surface area (Å²) in [5, 5.41) is 12.1. The van der Waals surface area contributed by atoms with Crippen molar-refractivity contribution in [2.24, 2.45) is 0 Å². The summed E-state index contributed by atoms with van der Waals surface area (Å²) in [6.45, 7) is 0. The van der Waals surface area contributed by atoms with E-state index in [1.165, 1.54) is 0 Å². The zero-order valence-electron chi connectivity index (χ0n) is 10.8. The molecule has 2 aromatic rings. The molecule has 0 aliphatic rings. The van der Waals surface area contributed by atoms with Crippen molar-refractivity contribution in [1.82, 2.24) is 0 Å². The predicted molar refractivity (Wildman–Crippen MR) is 74.9 cm³/mol. The second-order valence-corrected chi connectivity index (χ2v) is 4.04. The molecule has 19 heavy (non-hydrogen) atoms. The number of benzene rings is 2. The molecule has 2 rings (SSSR count). The van der Waals surface area contributed by atoms with Gasteiger partial charge in [-0.2, -0.15) is 0 Å². The number of anilines is 1. The first-order valence-corrected chi connectivity index (χ1v) is 5.85. The fraction of sp³-hybridized carbons (Fsp3) is 0.133. The molecule has 0 atom stereocenters. The van der Waals surface area contributed by atoms with E-state index in [1.54, 1.807) is 26.3 Å². The Morgan fingerprint density at radius 3 is 2.26 bits per heavy atom. The zero-order valence-corrected chi connectivity index (χ0v) is 10.8. The smallest absolute Gasteiger partial charge is 0.337 e. The molecule has 0 bridgehead atoms. The molecule has 0 aromatic heterocycles. The number of hydrogen-bond donors (Lipinski definition) is 2. The lowest BCUT2D eigenvalue weighted by molar-refractivity contribution is 0.0698. The summed E-state index contributed by atoms with van der Waals surface area (Å²) in [5.74, 6) is -0.172. The lowest BCUT2D eigenvalue weighted by atomic mass is 10.0. The summed E-state index contributed by atoms with van der Waals surface area (Å²) in [4.78, 5) is 11.2. The SMILES string of the molecule is CNc1ccc(-c2ccc(OC)cc2)cc1C(=O)O. The minimum absolute atomic E-state index is 0.260. The first-order chi connectivity index (χ1) is 9.15. The van der Waals surface area contributed by atoms with Crippen LogP contribution in [-0.4, -0.2) is 25.2 Å². The zero-order chi connectivity index (χ0) is 13.8. The van der Waals surface area contributed by atoms with E-state index in [1.807, 2.05) is 30.3 Å². The molecule has 0 spiro atoms. The molecule has 98 valence electrons. The van der Waals surface area contributed by atoms with Crippen LogP contribution >= 0.6 is 0 Å². The Labute approximate surface area is 111 Å². The highest BCUT2D eigenvalue weighted by atomic mass is 16.5. The van der Waals surface area contributed by atoms with E-state index < -0.39 is 5.97 Å². The molecule has 0 heterocycles. The van der Waals surface area contributed by atoms with Crippen molar-refractivity contribution in [2.45, 2.75) is 0 Å². The predicted octanol–water partition coefficient (Wildman–Crippen LogP) is 3.10. The van der Waals surface area contributed by atoms with Gasteiger partial charge in [0.1, 0.15) is 5.75 Å². The molecule has 0 unspecified atom stereocenters. The normalized spacial score (nSPS) is 10.0. The summed E-state index contributed by atoms with van der Waals surface area (Å²) in [7, 11) is 3.31. The lowest BCUT2D eigenvalue weighted by Gasteiger charge is -2.09. The Morgan fingerprint density at radius 1 is 1.11 bits per heavy atom. The summed E-state index contributed by atoms with van der Waals surface area (Å²) in [6.07, 6.45) is 0. The second-order valence-electron chi connectivity index (χ2n) is 4.04. The molecule has 0 aliphatic carbocycles. The lowest BCUT2D eigenvalue weighted by Crippen LogP contribution is -2.02. The molecule has 0 saturated carbocycles. The topological polar surface area (TPSA) is 58.6 Å². The maximum atomic E-state index is 11.2. The Kier molecular flexibility index (Phi) is 3.71. The number of carboxylic acid groups (broad SMARTS) is 1. The third-order valence-electron chi connectivity index (χ3n) is 2.94. The minimum Gasteiger partial charge on any atom is -0.497 e. The number of rotatable bonds is 4. The van der Waals surface area contributed by atoms with Crippen LogP contribution in [0.25, 0.3) is 11.1 Å². The average Bonchev–Trinajstić information content (AvgIpc) is 2.46. The van der Waals surface area contributed by atoms with Gasteiger partial charge in [-0.25, -0.2) is 4.79 Å². The highest BCUT2D eigenvalue weighted by Crippen LogP contribution is 2.26. The van der Waals surface area contributed by atoms with Crippen molar-refractivity contribution in [1.29, 1.82) is 0 Å². The standard InChI is InChI=1S/C15H15NO3/c1-16-14-8-5-11(9-13(14)15(17)18)10-3-6-12(19-2)7-4-10/h3-9,16H,1-2H3,(H,17,18). The molecule has 0 amide bonds. The molecule has 2 N–H and O–H groups in total. The van der Waals surface area contributed by atoms with Crippen molar-refractivity contribution in [3.63, 3.8) is 0 Å². The monoisotopic (exact) mass is 257 g/mol. The Bertz CT molecular complexity index is 591. The number of nitrogens with one attached hydrogen (secondary N) is 1. The highest BCUT2D eigenvalue weighted by Gasteiger charge is 2.10. The van der Waals surface area contributed by atoms with Gasteiger partial charge < -0.3 is 15.2 Å². The number of carboxylic acids is 1. The average molecular weight is 257 g/mol. The molecule has 0 fully saturated rings. The Morgan fingerprint density at radius 2 is 1.74 bits per heavy atom. The van der Waals surface area contributed by atoms with Crippen molar-refractivity contribution in [2.75, 3.05) is 19.5 Å². The van der Waals surface area contributed by atoms with Crippen molar-refractivity contribution >= 4 is 11.7 Å². The second kappa shape index (κ2) is 5.44. The van der Waals surface area contributed by atoms with Crippen LogP contribution < -0.4 is 10.1 Å². The van der Waals surface area contributed by atoms with E-state index in [0.717, 1.165) is 16.9 Å². The maximum absolute atomic E-state index is 11.2. The van der Waals surface area contributed by atoms with E-state index in [4.69, 9.17) is 4.74 Å². The Hall–Kier alpha value is -2.49. The minimum atomic E-state index is -0.945. The van der Waals surface area contributed by atoms with Gasteiger partial charge in [-0.3, -0.25) is 0 Å². The van der Waals surface area contributed by atoms with Crippen molar-refractivity contribution in [3.8, 4) is 16.9 Å². The third kappa shape index (κ3) is 2.68. The molecular formula is C15H15NO3. The number of hydrogen-bond acceptors (Lipinski definition) is 3. The van der Waals surface area contributed by atoms with E-state index in [-0.39, 0.29) is 5.56 Å². The molecule has 4 heteroatoms. The first-order valence-electron chi connectivity index (χ1n) is 5.85. The fourth-order valence-corrected chi connectivity index (χ4v) is 1.90. The number of methoxy groups -OCH3 is 1. The van der Waals surface area contributed by atoms with Crippen LogP contribution in [0, 0.1) is 0 Å². The van der Waals surface area contributed by atoms with Crippen molar-refractivity contribution in [3.05, 3.63) is 48.0 Å². The molecule has 0 saturated heterocycles. The van der Waals surface area contributed by atoms with Crippen molar-refractivity contribution < 1.29 is 14.6 Å². The molecular weight excluding hydrogens is 242 g/mol. The molecule has 2 aromatic carbocycles. The molecule has 0 radical (unpaired) electrons. The number of ether oxygens (including phenoxy) is 1. The van der Waals surface area contributed by atoms with Gasteiger partial charge in [-0.1, -0.05) is 18.2 Å². The summed E-state index contributed by atoms with van der Waals surface area (Å²) < 4.78 is 5.10. The quantitative estimate of drug-likeness (QED) is 0.883. The third-order valence-corrected chi connectivity index (χ3v) is 2.94. The largest absolute Gasteiger partial charge is 0.497 e. The first kappa shape index (κ1) is 13.0. The van der Waals surface area contributed by atoms with E-state index in [2.05, 4.69) is 5.32 Å². The fourth-order valence-electron chi connectivity index (χ4n) is 1.90. The van der Waals surface area contributed by atoms with Crippen LogP contribution in [0.15, 0.2) is 42.5 Å². The van der Waals surface area contributed by atoms with Crippen LogP contribution in [0.2, 0.25) is 0 Å². The number of aromatic carboxylic acids is 1. The van der Waals surface area contributed by atoms with E-state index in [0.29, 0.717) is 5.69 Å². The number of carbonyl (C=O) groups is 1. The van der Waals surface area contributed by atoms with Gasteiger partial charge in [0, 0.05) is 12.7 Å². The van der Waals surface area contributed by atoms with Crippen LogP contribution in [0.3, 0.4) is 0 Å². The molecule has 0 aliphatic heterocycles. The highest BCUT2D eigenvalue weighted by molar-refractivity contribution is 5.95.